The Morgan fingerprint density at radius 2 is 2.00 bits per heavy atom. The van der Waals surface area contributed by atoms with Gasteiger partial charge < -0.3 is 0 Å². The van der Waals surface area contributed by atoms with Crippen LogP contribution in [0.25, 0.3) is 0 Å². The van der Waals surface area contributed by atoms with Crippen molar-refractivity contribution in [2.45, 2.75) is 26.7 Å². The lowest BCUT2D eigenvalue weighted by Crippen LogP contribution is -2.31. The Balaban J connectivity index is 3.01. The highest BCUT2D eigenvalue weighted by Gasteiger charge is 2.35. The van der Waals surface area contributed by atoms with Crippen molar-refractivity contribution in [1.82, 2.24) is 0 Å². The molecule has 12 heavy (non-hydrogen) atoms. The van der Waals surface area contributed by atoms with Crippen LogP contribution in [0.15, 0.2) is 11.6 Å². The molecular formula is C10H13O2. The Hall–Kier alpha value is -0.920. The monoisotopic (exact) mass is 165 g/mol. The molecule has 65 valence electrons. The van der Waals surface area contributed by atoms with Crippen molar-refractivity contribution in [3.05, 3.63) is 18.6 Å². The second-order valence-corrected chi connectivity index (χ2v) is 3.82. The largest absolute Gasteiger partial charge is 0.299 e. The Morgan fingerprint density at radius 1 is 1.42 bits per heavy atom. The van der Waals surface area contributed by atoms with E-state index in [0.717, 1.165) is 0 Å². The predicted molar refractivity (Wildman–Crippen MR) is 46.5 cm³/mol. The van der Waals surface area contributed by atoms with Crippen LogP contribution in [-0.4, -0.2) is 11.6 Å². The normalized spacial score (nSPS) is 26.4. The van der Waals surface area contributed by atoms with Crippen LogP contribution in [0.2, 0.25) is 0 Å². The summed E-state index contributed by atoms with van der Waals surface area (Å²) in [6, 6.07) is 0. The third-order valence-electron chi connectivity index (χ3n) is 2.23. The smallest absolute Gasteiger partial charge is 0.166 e. The first kappa shape index (κ1) is 9.17. The van der Waals surface area contributed by atoms with Crippen LogP contribution < -0.4 is 0 Å². The molecule has 2 nitrogen and oxygen atoms in total. The van der Waals surface area contributed by atoms with E-state index in [4.69, 9.17) is 0 Å². The molecule has 0 N–H and O–H groups in total. The van der Waals surface area contributed by atoms with Gasteiger partial charge in [0, 0.05) is 6.42 Å². The lowest BCUT2D eigenvalue weighted by molar-refractivity contribution is -0.129. The number of hydrogen-bond acceptors (Lipinski definition) is 2. The van der Waals surface area contributed by atoms with Gasteiger partial charge in [0.05, 0.1) is 6.42 Å². The van der Waals surface area contributed by atoms with Crippen molar-refractivity contribution < 1.29 is 9.59 Å². The standard InChI is InChI=1S/C10H13O2/c1-4-8-9(12)5-7(11)6-10(8,2)3/h4H,1,5-6H2,2-3H3. The summed E-state index contributed by atoms with van der Waals surface area (Å²) in [4.78, 5) is 22.4. The molecule has 0 aliphatic heterocycles. The maximum Gasteiger partial charge on any atom is 0.166 e. The second kappa shape index (κ2) is 2.85. The van der Waals surface area contributed by atoms with Crippen molar-refractivity contribution in [3.63, 3.8) is 0 Å². The minimum absolute atomic E-state index is 0.0376. The van der Waals surface area contributed by atoms with Crippen LogP contribution in [0.4, 0.5) is 0 Å². The zero-order valence-electron chi connectivity index (χ0n) is 7.52. The Labute approximate surface area is 72.7 Å². The molecule has 0 heterocycles. The third kappa shape index (κ3) is 1.47. The molecule has 0 atom stereocenters. The van der Waals surface area contributed by atoms with Gasteiger partial charge in [0.2, 0.25) is 0 Å². The van der Waals surface area contributed by atoms with E-state index in [1.54, 1.807) is 6.08 Å². The van der Waals surface area contributed by atoms with Gasteiger partial charge >= 0.3 is 0 Å². The van der Waals surface area contributed by atoms with Crippen molar-refractivity contribution in [3.8, 4) is 0 Å². The summed E-state index contributed by atoms with van der Waals surface area (Å²) in [5.41, 5.74) is 0.385. The Kier molecular flexibility index (Phi) is 2.18. The molecule has 0 bridgehead atoms. The average Bonchev–Trinajstić information content (AvgIpc) is 1.82. The number of hydrogen-bond donors (Lipinski definition) is 0. The molecule has 0 amide bonds. The molecule has 0 spiro atoms. The SMILES string of the molecule is [CH2]C=C1C(=O)CC(=O)CC1(C)C. The number of rotatable bonds is 0. The van der Waals surface area contributed by atoms with Crippen LogP contribution >= 0.6 is 0 Å². The molecule has 1 radical (unpaired) electrons. The lowest BCUT2D eigenvalue weighted by atomic mass is 9.72. The first-order valence-corrected chi connectivity index (χ1v) is 4.02. The number of carbonyl (C=O) groups is 2. The summed E-state index contributed by atoms with van der Waals surface area (Å²) in [6.45, 7) is 7.39. The second-order valence-electron chi connectivity index (χ2n) is 3.82. The highest BCUT2D eigenvalue weighted by atomic mass is 16.1. The van der Waals surface area contributed by atoms with Gasteiger partial charge in [0.15, 0.2) is 5.78 Å². The molecule has 0 aromatic carbocycles. The number of Topliss-reactive ketones (excluding diaryl/α,β-unsaturated/α-hetero) is 2. The third-order valence-corrected chi connectivity index (χ3v) is 2.23. The molecule has 0 saturated heterocycles. The van der Waals surface area contributed by atoms with E-state index >= 15 is 0 Å². The van der Waals surface area contributed by atoms with E-state index in [1.807, 2.05) is 13.8 Å². The minimum atomic E-state index is -0.311. The van der Waals surface area contributed by atoms with Crippen molar-refractivity contribution in [2.75, 3.05) is 0 Å². The summed E-state index contributed by atoms with van der Waals surface area (Å²) in [5.74, 6) is -0.0261. The molecule has 0 aromatic heterocycles. The van der Waals surface area contributed by atoms with Crippen LogP contribution in [0.5, 0.6) is 0 Å². The van der Waals surface area contributed by atoms with Crippen molar-refractivity contribution >= 4 is 11.6 Å². The van der Waals surface area contributed by atoms with Gasteiger partial charge in [0.25, 0.3) is 0 Å². The van der Waals surface area contributed by atoms with Gasteiger partial charge in [-0.05, 0) is 17.9 Å². The van der Waals surface area contributed by atoms with Gasteiger partial charge in [-0.25, -0.2) is 0 Å². The number of ketones is 2. The minimum Gasteiger partial charge on any atom is -0.299 e. The highest BCUT2D eigenvalue weighted by Crippen LogP contribution is 2.36. The predicted octanol–water partition coefficient (Wildman–Crippen LogP) is 1.71. The average molecular weight is 165 g/mol. The van der Waals surface area contributed by atoms with Gasteiger partial charge in [-0.2, -0.15) is 0 Å². The molecule has 1 rings (SSSR count). The summed E-state index contributed by atoms with van der Waals surface area (Å²) < 4.78 is 0. The number of allylic oxidation sites excluding steroid dienone is 2. The molecule has 0 unspecified atom stereocenters. The van der Waals surface area contributed by atoms with E-state index in [9.17, 15) is 9.59 Å². The topological polar surface area (TPSA) is 34.1 Å². The molecule has 1 aliphatic rings. The van der Waals surface area contributed by atoms with E-state index < -0.39 is 0 Å². The first-order chi connectivity index (χ1) is 5.47. The van der Waals surface area contributed by atoms with Gasteiger partial charge in [-0.3, -0.25) is 9.59 Å². The zero-order chi connectivity index (χ0) is 9.35. The van der Waals surface area contributed by atoms with Crippen molar-refractivity contribution in [1.29, 1.82) is 0 Å². The molecule has 1 saturated carbocycles. The zero-order valence-corrected chi connectivity index (χ0v) is 7.52. The molecule has 2 heteroatoms. The van der Waals surface area contributed by atoms with E-state index in [0.29, 0.717) is 12.0 Å². The van der Waals surface area contributed by atoms with E-state index in [2.05, 4.69) is 6.92 Å². The quantitative estimate of drug-likeness (QED) is 0.404. The summed E-state index contributed by atoms with van der Waals surface area (Å²) in [6.07, 6.45) is 2.10. The van der Waals surface area contributed by atoms with Crippen LogP contribution in [0, 0.1) is 12.3 Å². The first-order valence-electron chi connectivity index (χ1n) is 4.02. The van der Waals surface area contributed by atoms with Crippen molar-refractivity contribution in [2.24, 2.45) is 5.41 Å². The van der Waals surface area contributed by atoms with Crippen LogP contribution in [-0.2, 0) is 9.59 Å². The Morgan fingerprint density at radius 3 is 2.42 bits per heavy atom. The van der Waals surface area contributed by atoms with E-state index in [-0.39, 0.29) is 23.4 Å². The molecule has 0 aromatic rings. The fourth-order valence-electron chi connectivity index (χ4n) is 1.69. The van der Waals surface area contributed by atoms with E-state index in [1.165, 1.54) is 0 Å². The Bertz CT molecular complexity index is 259. The molecular weight excluding hydrogens is 152 g/mol. The van der Waals surface area contributed by atoms with Gasteiger partial charge in [-0.1, -0.05) is 19.9 Å². The summed E-state index contributed by atoms with van der Waals surface area (Å²) in [7, 11) is 0. The fourth-order valence-corrected chi connectivity index (χ4v) is 1.69. The fraction of sp³-hybridized carbons (Fsp3) is 0.500. The van der Waals surface area contributed by atoms with Gasteiger partial charge in [-0.15, -0.1) is 0 Å². The maximum absolute atomic E-state index is 11.3. The van der Waals surface area contributed by atoms with Gasteiger partial charge in [0.1, 0.15) is 5.78 Å². The number of carbonyl (C=O) groups excluding carboxylic acids is 2. The molecule has 1 fully saturated rings. The molecule has 1 aliphatic carbocycles. The van der Waals surface area contributed by atoms with Crippen LogP contribution in [0.1, 0.15) is 26.7 Å². The highest BCUT2D eigenvalue weighted by molar-refractivity contribution is 6.11. The lowest BCUT2D eigenvalue weighted by Gasteiger charge is -2.30. The van der Waals surface area contributed by atoms with Crippen LogP contribution in [0.3, 0.4) is 0 Å². The summed E-state index contributed by atoms with van der Waals surface area (Å²) >= 11 is 0. The summed E-state index contributed by atoms with van der Waals surface area (Å²) in [5, 5.41) is 0. The maximum atomic E-state index is 11.3.